The number of amides is 1. The van der Waals surface area contributed by atoms with Gasteiger partial charge in [0.1, 0.15) is 4.88 Å². The van der Waals surface area contributed by atoms with Gasteiger partial charge in [0.05, 0.1) is 16.9 Å². The number of hydrogen-bond donors (Lipinski definition) is 2. The van der Waals surface area contributed by atoms with Crippen LogP contribution >= 0.6 is 11.3 Å². The van der Waals surface area contributed by atoms with Crippen molar-refractivity contribution in [1.82, 2.24) is 20.2 Å². The second kappa shape index (κ2) is 5.45. The van der Waals surface area contributed by atoms with E-state index in [0.717, 1.165) is 22.5 Å². The topological polar surface area (TPSA) is 83.6 Å². The van der Waals surface area contributed by atoms with E-state index >= 15 is 0 Å². The monoisotopic (exact) mass is 299 g/mol. The highest BCUT2D eigenvalue weighted by Crippen LogP contribution is 2.26. The molecule has 0 radical (unpaired) electrons. The minimum atomic E-state index is -0.189. The lowest BCUT2D eigenvalue weighted by molar-refractivity contribution is 0.102. The summed E-state index contributed by atoms with van der Waals surface area (Å²) in [6, 6.07) is 3.78. The molecule has 0 unspecified atom stereocenters. The third kappa shape index (κ3) is 2.55. The number of nitrogens with zero attached hydrogens (tertiary/aromatic N) is 3. The molecule has 0 spiro atoms. The molecule has 1 amide bonds. The number of nitrogens with one attached hydrogen (secondary N) is 2. The SMILES string of the molecule is Cc1ncsc1C(=O)Nc1n[nH]c(-c2ccncc2)c1C. The van der Waals surface area contributed by atoms with E-state index in [9.17, 15) is 4.79 Å². The van der Waals surface area contributed by atoms with Crippen LogP contribution in [0.2, 0.25) is 0 Å². The Morgan fingerprint density at radius 2 is 2.05 bits per heavy atom. The quantitative estimate of drug-likeness (QED) is 0.779. The number of pyridine rings is 1. The molecule has 3 rings (SSSR count). The predicted molar refractivity (Wildman–Crippen MR) is 81.4 cm³/mol. The van der Waals surface area contributed by atoms with Crippen LogP contribution in [0.1, 0.15) is 20.9 Å². The van der Waals surface area contributed by atoms with Crippen LogP contribution in [-0.2, 0) is 0 Å². The molecule has 0 aliphatic rings. The highest BCUT2D eigenvalue weighted by Gasteiger charge is 2.16. The summed E-state index contributed by atoms with van der Waals surface area (Å²) in [5, 5.41) is 9.95. The number of aromatic nitrogens is 4. The Hall–Kier alpha value is -2.54. The molecule has 0 saturated heterocycles. The average molecular weight is 299 g/mol. The molecular formula is C14H13N5OS. The van der Waals surface area contributed by atoms with Gasteiger partial charge in [-0.15, -0.1) is 11.3 Å². The number of H-pyrrole nitrogens is 1. The summed E-state index contributed by atoms with van der Waals surface area (Å²) < 4.78 is 0. The second-order valence-corrected chi connectivity index (χ2v) is 5.38. The first kappa shape index (κ1) is 13.4. The zero-order chi connectivity index (χ0) is 14.8. The molecule has 6 nitrogen and oxygen atoms in total. The van der Waals surface area contributed by atoms with Crippen LogP contribution in [0, 0.1) is 13.8 Å². The summed E-state index contributed by atoms with van der Waals surface area (Å²) in [6.45, 7) is 3.72. The molecule has 0 fully saturated rings. The van der Waals surface area contributed by atoms with E-state index < -0.39 is 0 Å². The summed E-state index contributed by atoms with van der Waals surface area (Å²) in [5.74, 6) is 0.338. The van der Waals surface area contributed by atoms with Crippen LogP contribution in [0.15, 0.2) is 30.0 Å². The standard InChI is InChI=1S/C14H13N5OS/c1-8-11(10-3-5-15-6-4-10)18-19-13(8)17-14(20)12-9(2)16-7-21-12/h3-7H,1-2H3,(H2,17,18,19,20). The van der Waals surface area contributed by atoms with Gasteiger partial charge < -0.3 is 5.32 Å². The largest absolute Gasteiger partial charge is 0.304 e. The Labute approximate surface area is 125 Å². The van der Waals surface area contributed by atoms with Gasteiger partial charge in [0, 0.05) is 23.5 Å². The Balaban J connectivity index is 1.87. The summed E-state index contributed by atoms with van der Waals surface area (Å²) in [4.78, 5) is 20.9. The van der Waals surface area contributed by atoms with Crippen LogP contribution in [0.25, 0.3) is 11.3 Å². The highest BCUT2D eigenvalue weighted by molar-refractivity contribution is 7.12. The number of aryl methyl sites for hydroxylation is 1. The Kier molecular flexibility index (Phi) is 3.49. The lowest BCUT2D eigenvalue weighted by Gasteiger charge is -2.02. The van der Waals surface area contributed by atoms with E-state index in [1.54, 1.807) is 17.9 Å². The molecule has 7 heteroatoms. The number of hydrogen-bond acceptors (Lipinski definition) is 5. The molecule has 0 aliphatic heterocycles. The molecule has 0 aliphatic carbocycles. The average Bonchev–Trinajstić information content (AvgIpc) is 3.07. The number of carbonyl (C=O) groups excluding carboxylic acids is 1. The van der Waals surface area contributed by atoms with Gasteiger partial charge in [-0.25, -0.2) is 4.98 Å². The predicted octanol–water partition coefficient (Wildman–Crippen LogP) is 2.80. The number of aromatic amines is 1. The fourth-order valence-corrected chi connectivity index (χ4v) is 2.70. The Morgan fingerprint density at radius 3 is 2.71 bits per heavy atom. The van der Waals surface area contributed by atoms with E-state index in [2.05, 4.69) is 25.5 Å². The van der Waals surface area contributed by atoms with Crippen molar-refractivity contribution >= 4 is 23.1 Å². The van der Waals surface area contributed by atoms with Gasteiger partial charge in [0.15, 0.2) is 5.82 Å². The van der Waals surface area contributed by atoms with E-state index in [-0.39, 0.29) is 5.91 Å². The molecule has 21 heavy (non-hydrogen) atoms. The molecule has 0 atom stereocenters. The smallest absolute Gasteiger partial charge is 0.268 e. The Bertz CT molecular complexity index is 778. The molecule has 3 aromatic rings. The normalized spacial score (nSPS) is 10.6. The van der Waals surface area contributed by atoms with E-state index in [1.807, 2.05) is 26.0 Å². The first-order chi connectivity index (χ1) is 10.2. The first-order valence-electron chi connectivity index (χ1n) is 6.33. The van der Waals surface area contributed by atoms with Crippen LogP contribution in [0.5, 0.6) is 0 Å². The van der Waals surface area contributed by atoms with Gasteiger partial charge in [-0.1, -0.05) is 0 Å². The zero-order valence-corrected chi connectivity index (χ0v) is 12.4. The molecule has 3 aromatic heterocycles. The third-order valence-corrected chi connectivity index (χ3v) is 4.09. The molecule has 0 aromatic carbocycles. The molecule has 106 valence electrons. The van der Waals surface area contributed by atoms with Crippen molar-refractivity contribution in [2.45, 2.75) is 13.8 Å². The fraction of sp³-hybridized carbons (Fsp3) is 0.143. The molecule has 0 bridgehead atoms. The van der Waals surface area contributed by atoms with Crippen molar-refractivity contribution in [3.05, 3.63) is 46.2 Å². The number of rotatable bonds is 3. The van der Waals surface area contributed by atoms with Crippen LogP contribution in [0.4, 0.5) is 5.82 Å². The van der Waals surface area contributed by atoms with Gasteiger partial charge in [0.25, 0.3) is 5.91 Å². The third-order valence-electron chi connectivity index (χ3n) is 3.16. The van der Waals surface area contributed by atoms with Gasteiger partial charge in [-0.3, -0.25) is 14.9 Å². The van der Waals surface area contributed by atoms with Crippen molar-refractivity contribution < 1.29 is 4.79 Å². The minimum absolute atomic E-state index is 0.189. The summed E-state index contributed by atoms with van der Waals surface area (Å²) in [7, 11) is 0. The fourth-order valence-electron chi connectivity index (χ4n) is 2.00. The van der Waals surface area contributed by atoms with Crippen molar-refractivity contribution in [1.29, 1.82) is 0 Å². The second-order valence-electron chi connectivity index (χ2n) is 4.53. The first-order valence-corrected chi connectivity index (χ1v) is 7.21. The number of carbonyl (C=O) groups is 1. The van der Waals surface area contributed by atoms with Gasteiger partial charge >= 0.3 is 0 Å². The van der Waals surface area contributed by atoms with Crippen molar-refractivity contribution in [3.63, 3.8) is 0 Å². The Morgan fingerprint density at radius 1 is 1.29 bits per heavy atom. The van der Waals surface area contributed by atoms with E-state index in [4.69, 9.17) is 0 Å². The highest BCUT2D eigenvalue weighted by atomic mass is 32.1. The maximum atomic E-state index is 12.2. The number of thiazole rings is 1. The van der Waals surface area contributed by atoms with Crippen LogP contribution in [0.3, 0.4) is 0 Å². The van der Waals surface area contributed by atoms with Crippen LogP contribution < -0.4 is 5.32 Å². The van der Waals surface area contributed by atoms with Crippen molar-refractivity contribution in [2.75, 3.05) is 5.32 Å². The lowest BCUT2D eigenvalue weighted by atomic mass is 10.1. The summed E-state index contributed by atoms with van der Waals surface area (Å²) in [5.41, 5.74) is 5.11. The molecule has 3 heterocycles. The van der Waals surface area contributed by atoms with Crippen molar-refractivity contribution in [2.24, 2.45) is 0 Å². The number of anilines is 1. The summed E-state index contributed by atoms with van der Waals surface area (Å²) in [6.07, 6.45) is 3.43. The molecular weight excluding hydrogens is 286 g/mol. The van der Waals surface area contributed by atoms with Gasteiger partial charge in [0.2, 0.25) is 0 Å². The molecule has 2 N–H and O–H groups in total. The van der Waals surface area contributed by atoms with Gasteiger partial charge in [-0.2, -0.15) is 5.10 Å². The maximum absolute atomic E-state index is 12.2. The van der Waals surface area contributed by atoms with Gasteiger partial charge in [-0.05, 0) is 26.0 Å². The minimum Gasteiger partial charge on any atom is -0.304 e. The lowest BCUT2D eigenvalue weighted by Crippen LogP contribution is -2.12. The van der Waals surface area contributed by atoms with Crippen molar-refractivity contribution in [3.8, 4) is 11.3 Å². The maximum Gasteiger partial charge on any atom is 0.268 e. The van der Waals surface area contributed by atoms with E-state index in [1.165, 1.54) is 11.3 Å². The summed E-state index contributed by atoms with van der Waals surface area (Å²) >= 11 is 1.32. The molecule has 0 saturated carbocycles. The van der Waals surface area contributed by atoms with Crippen LogP contribution in [-0.4, -0.2) is 26.1 Å². The van der Waals surface area contributed by atoms with E-state index in [0.29, 0.717) is 10.7 Å². The zero-order valence-electron chi connectivity index (χ0n) is 11.5.